The van der Waals surface area contributed by atoms with Crippen LogP contribution < -0.4 is 11.1 Å². The summed E-state index contributed by atoms with van der Waals surface area (Å²) < 4.78 is 19.4. The fourth-order valence-electron chi connectivity index (χ4n) is 3.17. The van der Waals surface area contributed by atoms with E-state index in [1.54, 1.807) is 39.5 Å². The Labute approximate surface area is 186 Å². The summed E-state index contributed by atoms with van der Waals surface area (Å²) >= 11 is 1.56. The molecule has 3 N–H and O–H groups in total. The van der Waals surface area contributed by atoms with E-state index in [0.717, 1.165) is 6.42 Å². The second-order valence-electron chi connectivity index (χ2n) is 8.88. The van der Waals surface area contributed by atoms with Crippen LogP contribution in [0.15, 0.2) is 22.1 Å². The number of aromatic nitrogens is 1. The molecule has 0 saturated heterocycles. The second kappa shape index (κ2) is 9.78. The molecule has 10 heteroatoms. The van der Waals surface area contributed by atoms with Crippen LogP contribution in [0.25, 0.3) is 0 Å². The van der Waals surface area contributed by atoms with Gasteiger partial charge in [0.25, 0.3) is 0 Å². The Morgan fingerprint density at radius 2 is 2.10 bits per heavy atom. The number of nitrogen functional groups attached to an aromatic ring is 1. The first-order valence-corrected chi connectivity index (χ1v) is 11.1. The molecule has 1 aromatic rings. The number of hydrogen-bond donors (Lipinski definition) is 2. The van der Waals surface area contributed by atoms with Gasteiger partial charge in [-0.3, -0.25) is 10.3 Å². The first kappa shape index (κ1) is 24.8. The van der Waals surface area contributed by atoms with Crippen LogP contribution in [0.2, 0.25) is 0 Å². The van der Waals surface area contributed by atoms with E-state index in [1.165, 1.54) is 18.2 Å². The smallest absolute Gasteiger partial charge is 0.413 e. The van der Waals surface area contributed by atoms with Crippen molar-refractivity contribution in [2.45, 2.75) is 69.8 Å². The van der Waals surface area contributed by atoms with Gasteiger partial charge in [-0.2, -0.15) is 0 Å². The van der Waals surface area contributed by atoms with Crippen LogP contribution in [0.3, 0.4) is 0 Å². The van der Waals surface area contributed by atoms with E-state index in [1.807, 2.05) is 6.92 Å². The van der Waals surface area contributed by atoms with Gasteiger partial charge in [0.1, 0.15) is 34.3 Å². The number of nitrogens with one attached hydrogen (secondary N) is 1. The van der Waals surface area contributed by atoms with Crippen molar-refractivity contribution >= 4 is 35.6 Å². The highest BCUT2D eigenvalue weighted by atomic mass is 32.2. The zero-order valence-corrected chi connectivity index (χ0v) is 19.4. The van der Waals surface area contributed by atoms with Gasteiger partial charge in [0.05, 0.1) is 11.3 Å². The molecule has 2 heterocycles. The molecule has 0 bridgehead atoms. The molecule has 2 rings (SSSR count). The Bertz CT molecular complexity index is 897. The van der Waals surface area contributed by atoms with Gasteiger partial charge in [-0.05, 0) is 66.0 Å². The van der Waals surface area contributed by atoms with Crippen molar-refractivity contribution < 1.29 is 18.7 Å². The summed E-state index contributed by atoms with van der Waals surface area (Å²) in [6, 6.07) is 2.67. The van der Waals surface area contributed by atoms with E-state index >= 15 is 0 Å². The van der Waals surface area contributed by atoms with E-state index in [-0.39, 0.29) is 11.5 Å². The third-order valence-corrected chi connectivity index (χ3v) is 6.51. The van der Waals surface area contributed by atoms with Gasteiger partial charge in [-0.15, -0.1) is 11.8 Å². The Hall–Kier alpha value is -2.45. The molecule has 8 nitrogen and oxygen atoms in total. The predicted octanol–water partition coefficient (Wildman–Crippen LogP) is 3.95. The Kier molecular flexibility index (Phi) is 7.83. The molecule has 0 radical (unpaired) electrons. The number of isocyanates is 1. The summed E-state index contributed by atoms with van der Waals surface area (Å²) in [5, 5.41) is 2.78. The summed E-state index contributed by atoms with van der Waals surface area (Å²) in [5.41, 5.74) is 4.21. The number of alkyl carbamates (subject to hydrolysis) is 1. The van der Waals surface area contributed by atoms with Gasteiger partial charge in [0.15, 0.2) is 0 Å². The number of ether oxygens (including phenoxy) is 1. The molecular formula is C21H30FN5O3S. The molecular weight excluding hydrogens is 421 g/mol. The number of aliphatic imine (C=N–C) groups is 2. The van der Waals surface area contributed by atoms with E-state index in [4.69, 9.17) is 15.5 Å². The fourth-order valence-corrected chi connectivity index (χ4v) is 4.49. The molecule has 0 fully saturated rings. The van der Waals surface area contributed by atoms with Crippen molar-refractivity contribution in [3.05, 3.63) is 23.6 Å². The summed E-state index contributed by atoms with van der Waals surface area (Å²) in [4.78, 5) is 35.3. The van der Waals surface area contributed by atoms with Crippen LogP contribution in [-0.2, 0) is 15.1 Å². The minimum atomic E-state index is -1.02. The van der Waals surface area contributed by atoms with Gasteiger partial charge in [0, 0.05) is 5.75 Å². The first-order valence-electron chi connectivity index (χ1n) is 10.1. The standard InChI is InChI=1S/C21H30FN5O3S/c1-19(2,3)30-18(29)26-17-21(5,10-6-7-11-24-13-28)31-12-20(4,27-17)16-14(22)8-9-15(23)25-16/h8-9H,6-7,10-12H2,1-5H3,(H2,23,25)(H,26,27,29). The Morgan fingerprint density at radius 3 is 2.74 bits per heavy atom. The van der Waals surface area contributed by atoms with Gasteiger partial charge >= 0.3 is 6.09 Å². The van der Waals surface area contributed by atoms with Gasteiger partial charge in [-0.1, -0.05) is 0 Å². The molecule has 0 aromatic carbocycles. The SMILES string of the molecule is CC(C)(C)OC(=O)NC1=NC(C)(c2nc(N)ccc2F)CSC1(C)CCCCN=C=O. The molecule has 0 spiro atoms. The topological polar surface area (TPSA) is 119 Å². The molecule has 170 valence electrons. The molecule has 1 aromatic heterocycles. The zero-order valence-electron chi connectivity index (χ0n) is 18.6. The van der Waals surface area contributed by atoms with Crippen LogP contribution in [0.5, 0.6) is 0 Å². The number of amidine groups is 1. The number of unbranched alkanes of at least 4 members (excludes halogenated alkanes) is 1. The number of rotatable bonds is 6. The highest BCUT2D eigenvalue weighted by Crippen LogP contribution is 2.43. The number of nitrogens with two attached hydrogens (primary N) is 1. The number of thioether (sulfide) groups is 1. The van der Waals surface area contributed by atoms with Crippen molar-refractivity contribution in [1.82, 2.24) is 10.3 Å². The van der Waals surface area contributed by atoms with Crippen molar-refractivity contribution in [3.63, 3.8) is 0 Å². The highest BCUT2D eigenvalue weighted by molar-refractivity contribution is 8.01. The number of nitrogens with zero attached hydrogens (tertiary/aromatic N) is 3. The maximum atomic E-state index is 14.6. The number of hydrogen-bond acceptors (Lipinski definition) is 8. The third kappa shape index (κ3) is 6.77. The zero-order chi connectivity index (χ0) is 23.3. The molecule has 31 heavy (non-hydrogen) atoms. The monoisotopic (exact) mass is 451 g/mol. The summed E-state index contributed by atoms with van der Waals surface area (Å²) in [6.07, 6.45) is 3.03. The maximum Gasteiger partial charge on any atom is 0.413 e. The van der Waals surface area contributed by atoms with E-state index in [9.17, 15) is 14.0 Å². The average Bonchev–Trinajstić information content (AvgIpc) is 2.65. The lowest BCUT2D eigenvalue weighted by atomic mass is 9.96. The molecule has 2 atom stereocenters. The number of anilines is 1. The second-order valence-corrected chi connectivity index (χ2v) is 10.4. The summed E-state index contributed by atoms with van der Waals surface area (Å²) in [6.45, 7) is 9.44. The fraction of sp³-hybridized carbons (Fsp3) is 0.619. The van der Waals surface area contributed by atoms with Crippen LogP contribution in [0.4, 0.5) is 15.0 Å². The van der Waals surface area contributed by atoms with E-state index in [0.29, 0.717) is 31.0 Å². The molecule has 0 saturated carbocycles. The van der Waals surface area contributed by atoms with Crippen LogP contribution in [0, 0.1) is 5.82 Å². The van der Waals surface area contributed by atoms with Crippen molar-refractivity contribution in [1.29, 1.82) is 0 Å². The Balaban J connectivity index is 2.37. The number of amides is 1. The maximum absolute atomic E-state index is 14.6. The number of pyridine rings is 1. The van der Waals surface area contributed by atoms with Crippen LogP contribution >= 0.6 is 11.8 Å². The third-order valence-electron chi connectivity index (χ3n) is 4.77. The van der Waals surface area contributed by atoms with Crippen LogP contribution in [-0.4, -0.2) is 45.6 Å². The predicted molar refractivity (Wildman–Crippen MR) is 120 cm³/mol. The minimum Gasteiger partial charge on any atom is -0.444 e. The lowest BCUT2D eigenvalue weighted by Gasteiger charge is -2.41. The summed E-state index contributed by atoms with van der Waals surface area (Å²) in [7, 11) is 0. The van der Waals surface area contributed by atoms with Gasteiger partial charge < -0.3 is 10.5 Å². The van der Waals surface area contributed by atoms with Crippen molar-refractivity contribution in [2.75, 3.05) is 18.0 Å². The Morgan fingerprint density at radius 1 is 1.39 bits per heavy atom. The number of carbonyl (C=O) groups excluding carboxylic acids is 2. The van der Waals surface area contributed by atoms with Gasteiger partial charge in [0.2, 0.25) is 6.08 Å². The largest absolute Gasteiger partial charge is 0.444 e. The molecule has 1 aliphatic rings. The van der Waals surface area contributed by atoms with E-state index < -0.39 is 27.8 Å². The lowest BCUT2D eigenvalue weighted by Crippen LogP contribution is -2.51. The number of halogens is 1. The molecule has 0 aliphatic carbocycles. The molecule has 2 unspecified atom stereocenters. The van der Waals surface area contributed by atoms with Gasteiger partial charge in [-0.25, -0.2) is 24.0 Å². The van der Waals surface area contributed by atoms with E-state index in [2.05, 4.69) is 15.3 Å². The van der Waals surface area contributed by atoms with Crippen molar-refractivity contribution in [3.8, 4) is 0 Å². The minimum absolute atomic E-state index is 0.130. The normalized spacial score (nSPS) is 23.5. The summed E-state index contributed by atoms with van der Waals surface area (Å²) in [5.74, 6) is 0.530. The average molecular weight is 452 g/mol. The van der Waals surface area contributed by atoms with Crippen LogP contribution in [0.1, 0.15) is 59.6 Å². The first-order chi connectivity index (χ1) is 14.4. The molecule has 1 aliphatic heterocycles. The lowest BCUT2D eigenvalue weighted by molar-refractivity contribution is 0.0560. The quantitative estimate of drug-likeness (QED) is 0.384. The molecule has 1 amide bonds. The van der Waals surface area contributed by atoms with Crippen molar-refractivity contribution in [2.24, 2.45) is 9.98 Å². The highest BCUT2D eigenvalue weighted by Gasteiger charge is 2.44. The number of carbonyl (C=O) groups is 1.